The molecule has 22 heavy (non-hydrogen) atoms. The number of Topliss-reactive ketones (excluding diaryl/α,β-unsaturated/α-hetero) is 1. The van der Waals surface area contributed by atoms with Crippen LogP contribution in [0.5, 0.6) is 0 Å². The minimum Gasteiger partial charge on any atom is -0.467 e. The van der Waals surface area contributed by atoms with E-state index in [1.807, 2.05) is 6.07 Å². The van der Waals surface area contributed by atoms with Crippen LogP contribution in [0.1, 0.15) is 42.1 Å². The molecule has 0 aliphatic rings. The van der Waals surface area contributed by atoms with E-state index < -0.39 is 12.1 Å². The zero-order valence-corrected chi connectivity index (χ0v) is 13.2. The van der Waals surface area contributed by atoms with Crippen LogP contribution in [0, 0.1) is 0 Å². The van der Waals surface area contributed by atoms with Crippen LogP contribution in [-0.2, 0) is 20.7 Å². The number of hydrogen-bond acceptors (Lipinski definition) is 5. The number of carbonyl (C=O) groups excluding carboxylic acids is 2. The van der Waals surface area contributed by atoms with E-state index in [1.54, 1.807) is 18.2 Å². The fourth-order valence-corrected chi connectivity index (χ4v) is 2.09. The first-order chi connectivity index (χ1) is 10.6. The first-order valence-corrected chi connectivity index (χ1v) is 7.48. The lowest BCUT2D eigenvalue weighted by Gasteiger charge is -2.16. The van der Waals surface area contributed by atoms with Crippen molar-refractivity contribution in [3.05, 3.63) is 35.4 Å². The highest BCUT2D eigenvalue weighted by molar-refractivity contribution is 5.94. The maximum Gasteiger partial charge on any atom is 0.335 e. The molecule has 0 spiro atoms. The predicted molar refractivity (Wildman–Crippen MR) is 82.8 cm³/mol. The number of ketones is 1. The summed E-state index contributed by atoms with van der Waals surface area (Å²) in [5.41, 5.74) is 1.47. The van der Waals surface area contributed by atoms with Crippen LogP contribution in [-0.4, -0.2) is 43.3 Å². The molecular formula is C17H24O5. The van der Waals surface area contributed by atoms with Crippen molar-refractivity contribution in [1.29, 1.82) is 0 Å². The molecule has 0 aliphatic carbocycles. The second-order valence-electron chi connectivity index (χ2n) is 5.13. The van der Waals surface area contributed by atoms with Crippen LogP contribution in [0.3, 0.4) is 0 Å². The molecule has 1 atom stereocenters. The summed E-state index contributed by atoms with van der Waals surface area (Å²) in [6.07, 6.45) is 2.05. The number of benzene rings is 1. The number of hydrogen-bond donors (Lipinski definition) is 1. The summed E-state index contributed by atoms with van der Waals surface area (Å²) >= 11 is 0. The van der Waals surface area contributed by atoms with Gasteiger partial charge in [-0.1, -0.05) is 18.2 Å². The zero-order chi connectivity index (χ0) is 16.4. The lowest BCUT2D eigenvalue weighted by Crippen LogP contribution is -2.28. The quantitative estimate of drug-likeness (QED) is 0.407. The SMILES string of the molecule is COC(=O)C(Cc1cccc(C(C)=O)c1)OCCCCCO. The second-order valence-corrected chi connectivity index (χ2v) is 5.13. The van der Waals surface area contributed by atoms with E-state index >= 15 is 0 Å². The summed E-state index contributed by atoms with van der Waals surface area (Å²) in [6.45, 7) is 2.11. The van der Waals surface area contributed by atoms with E-state index in [9.17, 15) is 9.59 Å². The lowest BCUT2D eigenvalue weighted by atomic mass is 10.0. The Kier molecular flexibility index (Phi) is 8.40. The molecule has 0 fully saturated rings. The van der Waals surface area contributed by atoms with E-state index in [4.69, 9.17) is 14.6 Å². The average Bonchev–Trinajstić information content (AvgIpc) is 2.53. The third-order valence-corrected chi connectivity index (χ3v) is 3.34. The Bertz CT molecular complexity index is 484. The molecule has 0 aromatic heterocycles. The Morgan fingerprint density at radius 2 is 2.00 bits per heavy atom. The monoisotopic (exact) mass is 308 g/mol. The summed E-state index contributed by atoms with van der Waals surface area (Å²) in [5.74, 6) is -0.434. The van der Waals surface area contributed by atoms with Crippen molar-refractivity contribution < 1.29 is 24.2 Å². The largest absolute Gasteiger partial charge is 0.467 e. The van der Waals surface area contributed by atoms with Crippen molar-refractivity contribution >= 4 is 11.8 Å². The van der Waals surface area contributed by atoms with Gasteiger partial charge in [-0.15, -0.1) is 0 Å². The normalized spacial score (nSPS) is 12.0. The van der Waals surface area contributed by atoms with Crippen molar-refractivity contribution in [3.63, 3.8) is 0 Å². The molecule has 0 amide bonds. The fourth-order valence-electron chi connectivity index (χ4n) is 2.09. The molecule has 0 radical (unpaired) electrons. The zero-order valence-electron chi connectivity index (χ0n) is 13.2. The van der Waals surface area contributed by atoms with Gasteiger partial charge in [0.2, 0.25) is 0 Å². The third kappa shape index (κ3) is 6.37. The number of carbonyl (C=O) groups is 2. The molecule has 1 aromatic carbocycles. The minimum atomic E-state index is -0.679. The Balaban J connectivity index is 2.62. The van der Waals surface area contributed by atoms with Crippen molar-refractivity contribution in [2.24, 2.45) is 0 Å². The van der Waals surface area contributed by atoms with E-state index in [1.165, 1.54) is 14.0 Å². The number of esters is 1. The van der Waals surface area contributed by atoms with Gasteiger partial charge in [-0.05, 0) is 37.8 Å². The molecule has 1 rings (SSSR count). The van der Waals surface area contributed by atoms with Crippen molar-refractivity contribution in [3.8, 4) is 0 Å². The van der Waals surface area contributed by atoms with Crippen LogP contribution in [0.25, 0.3) is 0 Å². The third-order valence-electron chi connectivity index (χ3n) is 3.34. The molecule has 0 bridgehead atoms. The maximum absolute atomic E-state index is 11.8. The number of aliphatic hydroxyl groups excluding tert-OH is 1. The number of rotatable bonds is 10. The molecular weight excluding hydrogens is 284 g/mol. The molecule has 0 aliphatic heterocycles. The van der Waals surface area contributed by atoms with Crippen LogP contribution < -0.4 is 0 Å². The Morgan fingerprint density at radius 1 is 1.23 bits per heavy atom. The first kappa shape index (κ1) is 18.3. The number of ether oxygens (including phenoxy) is 2. The van der Waals surface area contributed by atoms with Gasteiger partial charge in [-0.3, -0.25) is 4.79 Å². The summed E-state index contributed by atoms with van der Waals surface area (Å²) in [5, 5.41) is 8.72. The summed E-state index contributed by atoms with van der Waals surface area (Å²) in [7, 11) is 1.33. The molecule has 0 heterocycles. The van der Waals surface area contributed by atoms with Gasteiger partial charge in [-0.2, -0.15) is 0 Å². The highest BCUT2D eigenvalue weighted by Crippen LogP contribution is 2.12. The molecule has 1 unspecified atom stereocenters. The van der Waals surface area contributed by atoms with Gasteiger partial charge in [0.05, 0.1) is 7.11 Å². The van der Waals surface area contributed by atoms with Gasteiger partial charge < -0.3 is 14.6 Å². The predicted octanol–water partition coefficient (Wildman–Crippen LogP) is 2.15. The van der Waals surface area contributed by atoms with Gasteiger partial charge in [0.1, 0.15) is 0 Å². The molecule has 1 N–H and O–H groups in total. The van der Waals surface area contributed by atoms with E-state index in [0.717, 1.165) is 24.8 Å². The van der Waals surface area contributed by atoms with E-state index in [-0.39, 0.29) is 12.4 Å². The topological polar surface area (TPSA) is 72.8 Å². The second kappa shape index (κ2) is 10.1. The van der Waals surface area contributed by atoms with Crippen molar-refractivity contribution in [2.45, 2.75) is 38.7 Å². The van der Waals surface area contributed by atoms with Crippen LogP contribution in [0.15, 0.2) is 24.3 Å². The highest BCUT2D eigenvalue weighted by atomic mass is 16.6. The molecule has 0 saturated heterocycles. The van der Waals surface area contributed by atoms with Crippen molar-refractivity contribution in [1.82, 2.24) is 0 Å². The lowest BCUT2D eigenvalue weighted by molar-refractivity contribution is -0.154. The van der Waals surface area contributed by atoms with E-state index in [2.05, 4.69) is 0 Å². The minimum absolute atomic E-state index is 0.0126. The van der Waals surface area contributed by atoms with Crippen LogP contribution in [0.2, 0.25) is 0 Å². The number of unbranched alkanes of at least 4 members (excludes halogenated alkanes) is 2. The van der Waals surface area contributed by atoms with Gasteiger partial charge in [-0.25, -0.2) is 4.79 Å². The Hall–Kier alpha value is -1.72. The summed E-state index contributed by atoms with van der Waals surface area (Å²) in [6, 6.07) is 7.17. The first-order valence-electron chi connectivity index (χ1n) is 7.48. The van der Waals surface area contributed by atoms with Crippen LogP contribution >= 0.6 is 0 Å². The Labute approximate surface area is 131 Å². The number of methoxy groups -OCH3 is 1. The van der Waals surface area contributed by atoms with Gasteiger partial charge >= 0.3 is 5.97 Å². The van der Waals surface area contributed by atoms with Gasteiger partial charge in [0, 0.05) is 25.2 Å². The van der Waals surface area contributed by atoms with Crippen LogP contribution in [0.4, 0.5) is 0 Å². The molecule has 1 aromatic rings. The molecule has 5 nitrogen and oxygen atoms in total. The standard InChI is InChI=1S/C17H24O5/c1-13(19)15-8-6-7-14(11-15)12-16(17(20)21-2)22-10-5-3-4-9-18/h6-8,11,16,18H,3-5,9-10,12H2,1-2H3. The fraction of sp³-hybridized carbons (Fsp3) is 0.529. The average molecular weight is 308 g/mol. The summed E-state index contributed by atoms with van der Waals surface area (Å²) < 4.78 is 10.4. The van der Waals surface area contributed by atoms with E-state index in [0.29, 0.717) is 18.6 Å². The maximum atomic E-state index is 11.8. The highest BCUT2D eigenvalue weighted by Gasteiger charge is 2.20. The smallest absolute Gasteiger partial charge is 0.335 e. The van der Waals surface area contributed by atoms with Crippen molar-refractivity contribution in [2.75, 3.05) is 20.3 Å². The molecule has 0 saturated carbocycles. The summed E-state index contributed by atoms with van der Waals surface area (Å²) in [4.78, 5) is 23.2. The van der Waals surface area contributed by atoms with Gasteiger partial charge in [0.15, 0.2) is 11.9 Å². The van der Waals surface area contributed by atoms with Gasteiger partial charge in [0.25, 0.3) is 0 Å². The molecule has 5 heteroatoms. The molecule has 122 valence electrons. The number of aliphatic hydroxyl groups is 1. The Morgan fingerprint density at radius 3 is 2.64 bits per heavy atom.